The van der Waals surface area contributed by atoms with Crippen LogP contribution in [0.15, 0.2) is 34.8 Å². The van der Waals surface area contributed by atoms with Gasteiger partial charge in [0.25, 0.3) is 0 Å². The average Bonchev–Trinajstić information content (AvgIpc) is 2.59. The highest BCUT2D eigenvalue weighted by atomic mass is 79.9. The van der Waals surface area contributed by atoms with Crippen molar-refractivity contribution in [2.24, 2.45) is 0 Å². The zero-order valence-electron chi connectivity index (χ0n) is 7.25. The van der Waals surface area contributed by atoms with Crippen molar-refractivity contribution in [1.82, 2.24) is 0 Å². The summed E-state index contributed by atoms with van der Waals surface area (Å²) in [6.45, 7) is 2.11. The Morgan fingerprint density at radius 1 is 1.46 bits per heavy atom. The topological polar surface area (TPSA) is 9.23 Å². The van der Waals surface area contributed by atoms with Gasteiger partial charge in [0, 0.05) is 4.47 Å². The molecule has 0 N–H and O–H groups in total. The van der Waals surface area contributed by atoms with Crippen LogP contribution in [0, 0.1) is 0 Å². The summed E-state index contributed by atoms with van der Waals surface area (Å²) >= 11 is 3.48. The first-order valence-electron chi connectivity index (χ1n) is 4.36. The first-order valence-corrected chi connectivity index (χ1v) is 5.15. The first-order chi connectivity index (χ1) is 6.19. The molecule has 1 nitrogen and oxygen atoms in total. The van der Waals surface area contributed by atoms with Gasteiger partial charge in [0.05, 0.1) is 0 Å². The summed E-state index contributed by atoms with van der Waals surface area (Å²) in [6.07, 6.45) is 4.47. The molecular formula is C11H9BrO. The molecule has 0 spiro atoms. The van der Waals surface area contributed by atoms with Gasteiger partial charge in [-0.15, -0.1) is 0 Å². The van der Waals surface area contributed by atoms with E-state index in [0.717, 1.165) is 4.47 Å². The average molecular weight is 237 g/mol. The van der Waals surface area contributed by atoms with Gasteiger partial charge in [-0.3, -0.25) is 0 Å². The maximum Gasteiger partial charge on any atom is 0.110 e. The minimum Gasteiger partial charge on any atom is -0.354 e. The van der Waals surface area contributed by atoms with Gasteiger partial charge in [0.1, 0.15) is 11.7 Å². The smallest absolute Gasteiger partial charge is 0.110 e. The Balaban J connectivity index is 2.29. The third-order valence-corrected chi connectivity index (χ3v) is 3.31. The minimum atomic E-state index is -0.177. The Hall–Kier alpha value is -0.600. The third-order valence-electron chi connectivity index (χ3n) is 2.82. The lowest BCUT2D eigenvalue weighted by Gasteiger charge is -2.17. The van der Waals surface area contributed by atoms with Crippen molar-refractivity contribution in [1.29, 1.82) is 0 Å². The van der Waals surface area contributed by atoms with Gasteiger partial charge in [0.2, 0.25) is 0 Å². The zero-order valence-corrected chi connectivity index (χ0v) is 8.84. The number of hydrogen-bond acceptors (Lipinski definition) is 1. The molecule has 0 fully saturated rings. The number of benzene rings is 1. The highest BCUT2D eigenvalue weighted by Crippen LogP contribution is 2.50. The standard InChI is InChI=1S/C11H9BrO/c1-11-5-4-10(13-11)8-3-2-7(12)6-9(8)11/h2-6,10H,1H3. The van der Waals surface area contributed by atoms with Crippen molar-refractivity contribution < 1.29 is 4.74 Å². The van der Waals surface area contributed by atoms with E-state index in [0.29, 0.717) is 0 Å². The van der Waals surface area contributed by atoms with Crippen molar-refractivity contribution in [2.45, 2.75) is 18.6 Å². The summed E-state index contributed by atoms with van der Waals surface area (Å²) in [4.78, 5) is 0. The van der Waals surface area contributed by atoms with Gasteiger partial charge in [-0.25, -0.2) is 0 Å². The van der Waals surface area contributed by atoms with E-state index in [2.05, 4.69) is 53.2 Å². The molecule has 0 saturated heterocycles. The Kier molecular flexibility index (Phi) is 1.35. The Labute approximate surface area is 85.5 Å². The van der Waals surface area contributed by atoms with Crippen LogP contribution in [0.5, 0.6) is 0 Å². The largest absolute Gasteiger partial charge is 0.354 e. The molecule has 1 aromatic carbocycles. The monoisotopic (exact) mass is 236 g/mol. The quantitative estimate of drug-likeness (QED) is 0.629. The summed E-state index contributed by atoms with van der Waals surface area (Å²) in [5.74, 6) is 0. The predicted molar refractivity (Wildman–Crippen MR) is 54.5 cm³/mol. The van der Waals surface area contributed by atoms with E-state index < -0.39 is 0 Å². The lowest BCUT2D eigenvalue weighted by atomic mass is 9.89. The van der Waals surface area contributed by atoms with E-state index >= 15 is 0 Å². The molecule has 2 heteroatoms. The van der Waals surface area contributed by atoms with E-state index in [1.165, 1.54) is 11.1 Å². The van der Waals surface area contributed by atoms with Crippen molar-refractivity contribution in [3.05, 3.63) is 46.0 Å². The van der Waals surface area contributed by atoms with E-state index in [1.807, 2.05) is 0 Å². The van der Waals surface area contributed by atoms with Crippen LogP contribution in [-0.2, 0) is 10.3 Å². The molecule has 2 bridgehead atoms. The van der Waals surface area contributed by atoms with E-state index in [9.17, 15) is 0 Å². The minimum absolute atomic E-state index is 0.177. The van der Waals surface area contributed by atoms with Crippen molar-refractivity contribution in [2.75, 3.05) is 0 Å². The number of halogens is 1. The zero-order chi connectivity index (χ0) is 9.05. The van der Waals surface area contributed by atoms with Crippen LogP contribution in [0.1, 0.15) is 24.2 Å². The molecule has 0 aliphatic carbocycles. The summed E-state index contributed by atoms with van der Waals surface area (Å²) in [5, 5.41) is 0. The predicted octanol–water partition coefficient (Wildman–Crippen LogP) is 3.31. The second kappa shape index (κ2) is 2.25. The van der Waals surface area contributed by atoms with Crippen LogP contribution in [0.2, 0.25) is 0 Å². The fraction of sp³-hybridized carbons (Fsp3) is 0.273. The van der Waals surface area contributed by atoms with Gasteiger partial charge >= 0.3 is 0 Å². The molecule has 3 rings (SSSR count). The molecule has 0 radical (unpaired) electrons. The molecule has 0 aromatic heterocycles. The van der Waals surface area contributed by atoms with Gasteiger partial charge < -0.3 is 4.74 Å². The fourth-order valence-electron chi connectivity index (χ4n) is 2.14. The summed E-state index contributed by atoms with van der Waals surface area (Å²) in [5.41, 5.74) is 2.44. The molecule has 2 heterocycles. The number of rotatable bonds is 0. The SMILES string of the molecule is CC12C=CC(O1)c1ccc(Br)cc12. The molecular weight excluding hydrogens is 228 g/mol. The second-order valence-corrected chi connectivity index (χ2v) is 4.65. The van der Waals surface area contributed by atoms with Crippen LogP contribution in [0.4, 0.5) is 0 Å². The summed E-state index contributed by atoms with van der Waals surface area (Å²) in [7, 11) is 0. The van der Waals surface area contributed by atoms with Gasteiger partial charge in [-0.2, -0.15) is 0 Å². The van der Waals surface area contributed by atoms with Crippen molar-refractivity contribution in [3.8, 4) is 0 Å². The van der Waals surface area contributed by atoms with Gasteiger partial charge in [-0.05, 0) is 36.3 Å². The van der Waals surface area contributed by atoms with Crippen LogP contribution in [0.25, 0.3) is 0 Å². The second-order valence-electron chi connectivity index (χ2n) is 3.74. The van der Waals surface area contributed by atoms with Gasteiger partial charge in [0.15, 0.2) is 0 Å². The normalized spacial score (nSPS) is 33.8. The molecule has 1 aromatic rings. The molecule has 2 aliphatic rings. The lowest BCUT2D eigenvalue weighted by molar-refractivity contribution is 0.0113. The number of hydrogen-bond donors (Lipinski definition) is 0. The lowest BCUT2D eigenvalue weighted by Crippen LogP contribution is -2.14. The Bertz CT molecular complexity index is 411. The molecule has 2 aliphatic heterocycles. The Morgan fingerprint density at radius 3 is 3.15 bits per heavy atom. The maximum atomic E-state index is 5.85. The first kappa shape index (κ1) is 7.77. The molecule has 0 amide bonds. The highest BCUT2D eigenvalue weighted by molar-refractivity contribution is 9.10. The Morgan fingerprint density at radius 2 is 2.31 bits per heavy atom. The maximum absolute atomic E-state index is 5.85. The van der Waals surface area contributed by atoms with E-state index in [4.69, 9.17) is 4.74 Å². The molecule has 2 unspecified atom stereocenters. The number of ether oxygens (including phenoxy) is 1. The van der Waals surface area contributed by atoms with Crippen LogP contribution >= 0.6 is 15.9 Å². The summed E-state index contributed by atoms with van der Waals surface area (Å²) < 4.78 is 6.98. The van der Waals surface area contributed by atoms with Crippen molar-refractivity contribution >= 4 is 15.9 Å². The van der Waals surface area contributed by atoms with Crippen molar-refractivity contribution in [3.63, 3.8) is 0 Å². The third kappa shape index (κ3) is 0.903. The molecule has 13 heavy (non-hydrogen) atoms. The van der Waals surface area contributed by atoms with E-state index in [-0.39, 0.29) is 11.7 Å². The molecule has 0 saturated carbocycles. The fourth-order valence-corrected chi connectivity index (χ4v) is 2.50. The van der Waals surface area contributed by atoms with E-state index in [1.54, 1.807) is 0 Å². The van der Waals surface area contributed by atoms with Crippen LogP contribution < -0.4 is 0 Å². The molecule has 66 valence electrons. The summed E-state index contributed by atoms with van der Waals surface area (Å²) in [6, 6.07) is 6.36. The van der Waals surface area contributed by atoms with Gasteiger partial charge in [-0.1, -0.05) is 28.1 Å². The highest BCUT2D eigenvalue weighted by Gasteiger charge is 2.42. The van der Waals surface area contributed by atoms with Crippen LogP contribution in [0.3, 0.4) is 0 Å². The molecule has 2 atom stereocenters. The van der Waals surface area contributed by atoms with Crippen LogP contribution in [-0.4, -0.2) is 0 Å². The number of fused-ring (bicyclic) bond motifs is 5.